The molecule has 5 nitrogen and oxygen atoms in total. The Bertz CT molecular complexity index is 1070. The molecule has 7 heteroatoms. The summed E-state index contributed by atoms with van der Waals surface area (Å²) in [5, 5.41) is 4.65. The maximum atomic E-state index is 11.4. The second-order valence-corrected chi connectivity index (χ2v) is 8.69. The van der Waals surface area contributed by atoms with E-state index >= 15 is 0 Å². The average Bonchev–Trinajstić information content (AvgIpc) is 2.69. The first kappa shape index (κ1) is 20.5. The maximum Gasteiger partial charge on any atom is 0.221 e. The van der Waals surface area contributed by atoms with Gasteiger partial charge in [0.15, 0.2) is 0 Å². The van der Waals surface area contributed by atoms with Crippen LogP contribution in [0.2, 0.25) is 5.02 Å². The highest BCUT2D eigenvalue weighted by molar-refractivity contribution is 14.1. The number of ether oxygens (including phenoxy) is 1. The zero-order valence-corrected chi connectivity index (χ0v) is 19.0. The Morgan fingerprint density at radius 2 is 2.00 bits per heavy atom. The fourth-order valence-corrected chi connectivity index (χ4v) is 4.33. The monoisotopic (exact) mass is 521 g/mol. The molecule has 0 radical (unpaired) electrons. The predicted octanol–water partition coefficient (Wildman–Crippen LogP) is 4.95. The highest BCUT2D eigenvalue weighted by Crippen LogP contribution is 2.30. The van der Waals surface area contributed by atoms with Gasteiger partial charge in [0.25, 0.3) is 0 Å². The summed E-state index contributed by atoms with van der Waals surface area (Å²) < 4.78 is 6.45. The number of halogens is 2. The highest BCUT2D eigenvalue weighted by Gasteiger charge is 2.15. The van der Waals surface area contributed by atoms with Crippen LogP contribution >= 0.6 is 34.2 Å². The number of nitrogens with one attached hydrogen (secondary N) is 1. The van der Waals surface area contributed by atoms with E-state index < -0.39 is 0 Å². The molecule has 0 bridgehead atoms. The topological polar surface area (TPSA) is 54.5 Å². The van der Waals surface area contributed by atoms with Crippen molar-refractivity contribution in [1.29, 1.82) is 0 Å². The zero-order chi connectivity index (χ0) is 20.4. The fourth-order valence-electron chi connectivity index (χ4n) is 3.52. The van der Waals surface area contributed by atoms with Gasteiger partial charge >= 0.3 is 0 Å². The van der Waals surface area contributed by atoms with Crippen LogP contribution in [0.3, 0.4) is 0 Å². The van der Waals surface area contributed by atoms with E-state index in [-0.39, 0.29) is 5.91 Å². The van der Waals surface area contributed by atoms with Gasteiger partial charge in [-0.2, -0.15) is 0 Å². The zero-order valence-electron chi connectivity index (χ0n) is 16.0. The Morgan fingerprint density at radius 1 is 1.21 bits per heavy atom. The molecule has 0 spiro atoms. The lowest BCUT2D eigenvalue weighted by Gasteiger charge is -2.27. The molecule has 1 N–H and O–H groups in total. The number of aromatic nitrogens is 1. The third-order valence-electron chi connectivity index (χ3n) is 4.93. The number of rotatable bonds is 4. The molecule has 1 fully saturated rings. The van der Waals surface area contributed by atoms with E-state index in [1.807, 2.05) is 36.4 Å². The molecule has 1 aliphatic heterocycles. The van der Waals surface area contributed by atoms with Crippen molar-refractivity contribution in [2.45, 2.75) is 13.5 Å². The maximum absolute atomic E-state index is 11.4. The van der Waals surface area contributed by atoms with Crippen LogP contribution in [0.15, 0.2) is 42.5 Å². The number of anilines is 1. The second-order valence-electron chi connectivity index (χ2n) is 7.09. The first-order chi connectivity index (χ1) is 14.0. The largest absolute Gasteiger partial charge is 0.379 e. The molecule has 1 amide bonds. The van der Waals surface area contributed by atoms with Crippen molar-refractivity contribution in [1.82, 2.24) is 9.88 Å². The molecule has 2 aromatic carbocycles. The summed E-state index contributed by atoms with van der Waals surface area (Å²) in [6.45, 7) is 5.75. The van der Waals surface area contributed by atoms with Crippen molar-refractivity contribution < 1.29 is 9.53 Å². The van der Waals surface area contributed by atoms with Gasteiger partial charge in [-0.25, -0.2) is 4.98 Å². The third kappa shape index (κ3) is 4.88. The Balaban J connectivity index is 1.76. The first-order valence-corrected chi connectivity index (χ1v) is 10.9. The van der Waals surface area contributed by atoms with Crippen molar-refractivity contribution in [3.63, 3.8) is 0 Å². The van der Waals surface area contributed by atoms with Crippen LogP contribution in [0, 0.1) is 3.57 Å². The van der Waals surface area contributed by atoms with Crippen LogP contribution in [-0.2, 0) is 16.1 Å². The number of pyridine rings is 1. The number of morpholine rings is 1. The molecule has 0 saturated carbocycles. The Labute approximate surface area is 188 Å². The van der Waals surface area contributed by atoms with E-state index in [4.69, 9.17) is 21.3 Å². The van der Waals surface area contributed by atoms with Gasteiger partial charge in [0.05, 0.1) is 30.1 Å². The Hall–Kier alpha value is -1.74. The number of fused-ring (bicyclic) bond motifs is 1. The average molecular weight is 522 g/mol. The van der Waals surface area contributed by atoms with E-state index in [1.165, 1.54) is 12.5 Å². The van der Waals surface area contributed by atoms with Gasteiger partial charge in [0.1, 0.15) is 0 Å². The minimum Gasteiger partial charge on any atom is -0.379 e. The number of hydrogen-bond donors (Lipinski definition) is 1. The van der Waals surface area contributed by atoms with Crippen molar-refractivity contribution in [3.8, 4) is 11.3 Å². The predicted molar refractivity (Wildman–Crippen MR) is 125 cm³/mol. The molecular weight excluding hydrogens is 501 g/mol. The van der Waals surface area contributed by atoms with E-state index in [9.17, 15) is 4.79 Å². The van der Waals surface area contributed by atoms with Gasteiger partial charge in [-0.05, 0) is 58.5 Å². The molecule has 1 saturated heterocycles. The smallest absolute Gasteiger partial charge is 0.221 e. The van der Waals surface area contributed by atoms with Gasteiger partial charge < -0.3 is 10.1 Å². The van der Waals surface area contributed by atoms with Crippen molar-refractivity contribution in [2.75, 3.05) is 31.6 Å². The quantitative estimate of drug-likeness (QED) is 0.494. The summed E-state index contributed by atoms with van der Waals surface area (Å²) in [6, 6.07) is 14.0. The van der Waals surface area contributed by atoms with Crippen LogP contribution in [0.1, 0.15) is 12.5 Å². The summed E-state index contributed by atoms with van der Waals surface area (Å²) in [4.78, 5) is 18.7. The lowest BCUT2D eigenvalue weighted by Crippen LogP contribution is -2.35. The number of benzene rings is 2. The van der Waals surface area contributed by atoms with Crippen LogP contribution in [0.25, 0.3) is 22.2 Å². The van der Waals surface area contributed by atoms with Crippen LogP contribution < -0.4 is 5.32 Å². The normalized spacial score (nSPS) is 14.9. The van der Waals surface area contributed by atoms with Crippen LogP contribution in [0.5, 0.6) is 0 Å². The number of carbonyl (C=O) groups is 1. The Kier molecular flexibility index (Phi) is 6.34. The van der Waals surface area contributed by atoms with E-state index in [0.29, 0.717) is 5.02 Å². The molecule has 0 unspecified atom stereocenters. The van der Waals surface area contributed by atoms with Crippen molar-refractivity contribution in [3.05, 3.63) is 56.6 Å². The minimum absolute atomic E-state index is 0.0815. The summed E-state index contributed by atoms with van der Waals surface area (Å²) in [7, 11) is 0. The van der Waals surface area contributed by atoms with Crippen LogP contribution in [0.4, 0.5) is 5.69 Å². The molecule has 4 rings (SSSR count). The minimum atomic E-state index is -0.0815. The first-order valence-electron chi connectivity index (χ1n) is 9.46. The number of hydrogen-bond acceptors (Lipinski definition) is 4. The molecule has 2 heterocycles. The van der Waals surface area contributed by atoms with Gasteiger partial charge in [0.2, 0.25) is 5.91 Å². The van der Waals surface area contributed by atoms with Crippen LogP contribution in [-0.4, -0.2) is 42.1 Å². The van der Waals surface area contributed by atoms with Crippen molar-refractivity contribution >= 4 is 56.7 Å². The number of nitrogens with zero attached hydrogens (tertiary/aromatic N) is 2. The van der Waals surface area contributed by atoms with E-state index in [1.54, 1.807) is 0 Å². The van der Waals surface area contributed by atoms with Gasteiger partial charge in [-0.3, -0.25) is 9.69 Å². The summed E-state index contributed by atoms with van der Waals surface area (Å²) in [6.07, 6.45) is 0. The molecule has 1 aliphatic rings. The molecule has 29 heavy (non-hydrogen) atoms. The van der Waals surface area contributed by atoms with Gasteiger partial charge in [-0.1, -0.05) is 23.7 Å². The molecule has 1 aromatic heterocycles. The number of carbonyl (C=O) groups excluding carboxylic acids is 1. The molecule has 3 aromatic rings. The summed E-state index contributed by atoms with van der Waals surface area (Å²) >= 11 is 8.48. The fraction of sp³-hybridized carbons (Fsp3) is 0.273. The Morgan fingerprint density at radius 3 is 2.72 bits per heavy atom. The molecule has 150 valence electrons. The van der Waals surface area contributed by atoms with Crippen molar-refractivity contribution in [2.24, 2.45) is 0 Å². The second kappa shape index (κ2) is 8.95. The molecule has 0 aliphatic carbocycles. The molecule has 0 atom stereocenters. The van der Waals surface area contributed by atoms with E-state index in [0.717, 1.165) is 64.3 Å². The highest BCUT2D eigenvalue weighted by atomic mass is 127. The lowest BCUT2D eigenvalue weighted by atomic mass is 10.0. The number of amides is 1. The van der Waals surface area contributed by atoms with Gasteiger partial charge in [0, 0.05) is 46.1 Å². The molecular formula is C22H21ClIN3O2. The summed E-state index contributed by atoms with van der Waals surface area (Å²) in [5.74, 6) is -0.0815. The lowest BCUT2D eigenvalue weighted by molar-refractivity contribution is -0.114. The summed E-state index contributed by atoms with van der Waals surface area (Å²) in [5.41, 5.74) is 4.83. The standard InChI is InChI=1S/C22H21ClIN3O2/c1-14(28)25-20-5-2-15(10-19(20)24)21-11-16(13-27-6-8-29-9-7-27)18-4-3-17(23)12-22(18)26-21/h2-5,10-12H,6-9,13H2,1H3,(H,25,28). The third-order valence-corrected chi connectivity index (χ3v) is 6.06. The SMILES string of the molecule is CC(=O)Nc1ccc(-c2cc(CN3CCOCC3)c3ccc(Cl)cc3n2)cc1I. The van der Waals surface area contributed by atoms with E-state index in [2.05, 4.69) is 38.9 Å². The van der Waals surface area contributed by atoms with Gasteiger partial charge in [-0.15, -0.1) is 0 Å².